The van der Waals surface area contributed by atoms with Crippen LogP contribution in [0.5, 0.6) is 0 Å². The average molecular weight is 469 g/mol. The van der Waals surface area contributed by atoms with Crippen LogP contribution < -0.4 is 11.5 Å². The molecule has 0 atom stereocenters. The Bertz CT molecular complexity index is 1720. The zero-order valence-corrected chi connectivity index (χ0v) is 19.0. The molecule has 0 spiro atoms. The Morgan fingerprint density at radius 2 is 1.44 bits per heavy atom. The number of aromatic nitrogens is 2. The second kappa shape index (κ2) is 8.66. The van der Waals surface area contributed by atoms with Crippen molar-refractivity contribution >= 4 is 43.2 Å². The number of benzene rings is 3. The van der Waals surface area contributed by atoms with Gasteiger partial charge in [-0.1, -0.05) is 17.7 Å². The van der Waals surface area contributed by atoms with Gasteiger partial charge in [0.2, 0.25) is 0 Å². The number of hydrogen-bond donors (Lipinski definition) is 3. The van der Waals surface area contributed by atoms with Gasteiger partial charge in [-0.05, 0) is 55.5 Å². The fourth-order valence-electron chi connectivity index (χ4n) is 3.64. The molecule has 0 saturated carbocycles. The maximum atomic E-state index is 12.8. The molecule has 5 aromatic rings. The molecular weight excluding hydrogens is 448 g/mol. The topological polar surface area (TPSA) is 154 Å². The first kappa shape index (κ1) is 22.5. The zero-order valence-electron chi connectivity index (χ0n) is 18.1. The number of aromatic amines is 1. The summed E-state index contributed by atoms with van der Waals surface area (Å²) in [7, 11) is -3.78. The van der Waals surface area contributed by atoms with Gasteiger partial charge in [0.1, 0.15) is 12.1 Å². The third-order valence-corrected chi connectivity index (χ3v) is 7.11. The van der Waals surface area contributed by atoms with Gasteiger partial charge in [0.25, 0.3) is 10.0 Å². The van der Waals surface area contributed by atoms with Gasteiger partial charge in [-0.25, -0.2) is 12.4 Å². The molecule has 0 fully saturated rings. The van der Waals surface area contributed by atoms with E-state index < -0.39 is 10.0 Å². The van der Waals surface area contributed by atoms with Crippen LogP contribution in [0.2, 0.25) is 0 Å². The Morgan fingerprint density at radius 1 is 0.824 bits per heavy atom. The molecule has 2 aromatic heterocycles. The van der Waals surface area contributed by atoms with Crippen molar-refractivity contribution in [2.75, 3.05) is 11.5 Å². The summed E-state index contributed by atoms with van der Waals surface area (Å²) in [5.41, 5.74) is 15.7. The van der Waals surface area contributed by atoms with Gasteiger partial charge in [0.15, 0.2) is 0 Å². The Kier molecular flexibility index (Phi) is 5.72. The van der Waals surface area contributed by atoms with Crippen LogP contribution in [0, 0.1) is 29.6 Å². The lowest BCUT2D eigenvalue weighted by atomic mass is 10.1. The molecule has 0 unspecified atom stereocenters. The number of nitriles is 2. The Hall–Kier alpha value is -4.73. The Labute approximate surface area is 196 Å². The fraction of sp³-hybridized carbons (Fsp3) is 0.0400. The molecule has 0 saturated heterocycles. The number of nitrogens with zero attached hydrogens (tertiary/aromatic N) is 3. The quantitative estimate of drug-likeness (QED) is 0.329. The molecular formula is C25H20N6O2S. The maximum Gasteiger partial charge on any atom is 0.268 e. The molecule has 0 aliphatic rings. The highest BCUT2D eigenvalue weighted by Gasteiger charge is 2.21. The Morgan fingerprint density at radius 3 is 2.09 bits per heavy atom. The van der Waals surface area contributed by atoms with Crippen molar-refractivity contribution in [3.8, 4) is 12.1 Å². The average Bonchev–Trinajstić information content (AvgIpc) is 3.50. The molecule has 8 nitrogen and oxygen atoms in total. The number of anilines is 2. The minimum Gasteiger partial charge on any atom is -0.398 e. The standard InChI is InChI=1S/C16H13N3O2S.C9H7N3/c1-11-2-5-13(6-3-11)22(20,21)19-9-8-14-15(18)7-4-12(10-17)16(14)19;10-5-6-1-2-8(11)7-3-4-12-9(6)7/h2-9H,18H2,1H3;1-4,12H,11H2. The van der Waals surface area contributed by atoms with Crippen molar-refractivity contribution in [3.63, 3.8) is 0 Å². The van der Waals surface area contributed by atoms with E-state index in [1.54, 1.807) is 54.7 Å². The van der Waals surface area contributed by atoms with Crippen LogP contribution in [0.25, 0.3) is 21.8 Å². The molecule has 5 rings (SSSR count). The molecule has 0 aliphatic heterocycles. The van der Waals surface area contributed by atoms with Gasteiger partial charge in [-0.2, -0.15) is 10.5 Å². The van der Waals surface area contributed by atoms with Gasteiger partial charge >= 0.3 is 0 Å². The number of nitrogens with two attached hydrogens (primary N) is 2. The van der Waals surface area contributed by atoms with Gasteiger partial charge < -0.3 is 16.5 Å². The summed E-state index contributed by atoms with van der Waals surface area (Å²) in [6.07, 6.45) is 3.21. The largest absolute Gasteiger partial charge is 0.398 e. The van der Waals surface area contributed by atoms with Gasteiger partial charge in [-0.3, -0.25) is 0 Å². The molecule has 0 radical (unpaired) electrons. The number of H-pyrrole nitrogens is 1. The van der Waals surface area contributed by atoms with Crippen molar-refractivity contribution < 1.29 is 8.42 Å². The monoisotopic (exact) mass is 468 g/mol. The van der Waals surface area contributed by atoms with Crippen molar-refractivity contribution in [1.29, 1.82) is 10.5 Å². The van der Waals surface area contributed by atoms with Crippen molar-refractivity contribution in [1.82, 2.24) is 8.96 Å². The fourth-order valence-corrected chi connectivity index (χ4v) is 5.00. The predicted octanol–water partition coefficient (Wildman–Crippen LogP) is 4.26. The molecule has 9 heteroatoms. The summed E-state index contributed by atoms with van der Waals surface area (Å²) in [4.78, 5) is 3.15. The third kappa shape index (κ3) is 3.81. The minimum absolute atomic E-state index is 0.168. The smallest absolute Gasteiger partial charge is 0.268 e. The molecule has 168 valence electrons. The van der Waals surface area contributed by atoms with Crippen LogP contribution in [0.3, 0.4) is 0 Å². The highest BCUT2D eigenvalue weighted by atomic mass is 32.2. The van der Waals surface area contributed by atoms with Crippen LogP contribution in [-0.2, 0) is 10.0 Å². The first-order valence-electron chi connectivity index (χ1n) is 10.2. The molecule has 5 N–H and O–H groups in total. The van der Waals surface area contributed by atoms with E-state index in [9.17, 15) is 13.7 Å². The normalized spacial score (nSPS) is 10.9. The molecule has 0 aliphatic carbocycles. The maximum absolute atomic E-state index is 12.8. The summed E-state index contributed by atoms with van der Waals surface area (Å²) in [5.74, 6) is 0. The number of aryl methyl sites for hydroxylation is 1. The van der Waals surface area contributed by atoms with Crippen molar-refractivity contribution in [3.05, 3.63) is 89.7 Å². The van der Waals surface area contributed by atoms with Gasteiger partial charge in [0, 0.05) is 34.5 Å². The lowest BCUT2D eigenvalue weighted by molar-refractivity contribution is 0.589. The lowest BCUT2D eigenvalue weighted by Crippen LogP contribution is -2.12. The van der Waals surface area contributed by atoms with Crippen LogP contribution >= 0.6 is 0 Å². The zero-order chi connectivity index (χ0) is 24.5. The first-order valence-corrected chi connectivity index (χ1v) is 11.6. The van der Waals surface area contributed by atoms with E-state index in [2.05, 4.69) is 11.1 Å². The number of fused-ring (bicyclic) bond motifs is 2. The van der Waals surface area contributed by atoms with E-state index >= 15 is 0 Å². The van der Waals surface area contributed by atoms with E-state index in [-0.39, 0.29) is 10.5 Å². The molecule has 0 amide bonds. The molecule has 3 aromatic carbocycles. The van der Waals surface area contributed by atoms with E-state index in [1.165, 1.54) is 12.3 Å². The van der Waals surface area contributed by atoms with E-state index in [4.69, 9.17) is 16.7 Å². The lowest BCUT2D eigenvalue weighted by Gasteiger charge is -2.09. The van der Waals surface area contributed by atoms with Crippen molar-refractivity contribution in [2.24, 2.45) is 0 Å². The molecule has 34 heavy (non-hydrogen) atoms. The summed E-state index contributed by atoms with van der Waals surface area (Å²) >= 11 is 0. The summed E-state index contributed by atoms with van der Waals surface area (Å²) in [6.45, 7) is 1.88. The summed E-state index contributed by atoms with van der Waals surface area (Å²) in [6, 6.07) is 20.7. The highest BCUT2D eigenvalue weighted by Crippen LogP contribution is 2.29. The predicted molar refractivity (Wildman–Crippen MR) is 132 cm³/mol. The van der Waals surface area contributed by atoms with Crippen LogP contribution in [-0.4, -0.2) is 17.4 Å². The van der Waals surface area contributed by atoms with Gasteiger partial charge in [-0.15, -0.1) is 0 Å². The first-order chi connectivity index (χ1) is 16.3. The van der Waals surface area contributed by atoms with E-state index in [1.807, 2.05) is 19.1 Å². The number of hydrogen-bond acceptors (Lipinski definition) is 6. The van der Waals surface area contributed by atoms with E-state index in [0.29, 0.717) is 27.8 Å². The van der Waals surface area contributed by atoms with Crippen LogP contribution in [0.4, 0.5) is 11.4 Å². The minimum atomic E-state index is -3.78. The number of nitrogens with one attached hydrogen (secondary N) is 1. The second-order valence-corrected chi connectivity index (χ2v) is 9.40. The summed E-state index contributed by atoms with van der Waals surface area (Å²) < 4.78 is 26.7. The van der Waals surface area contributed by atoms with Crippen LogP contribution in [0.15, 0.2) is 78.0 Å². The highest BCUT2D eigenvalue weighted by molar-refractivity contribution is 7.90. The van der Waals surface area contributed by atoms with E-state index in [0.717, 1.165) is 20.4 Å². The SMILES string of the molecule is Cc1ccc(S(=O)(=O)n2ccc3c(N)ccc(C#N)c32)cc1.N#Cc1ccc(N)c2cc[nH]c12. The second-order valence-electron chi connectivity index (χ2n) is 7.59. The molecule has 2 heterocycles. The van der Waals surface area contributed by atoms with Crippen LogP contribution in [0.1, 0.15) is 16.7 Å². The number of rotatable bonds is 2. The molecule has 0 bridgehead atoms. The van der Waals surface area contributed by atoms with Crippen molar-refractivity contribution in [2.45, 2.75) is 11.8 Å². The third-order valence-electron chi connectivity index (χ3n) is 5.42. The summed E-state index contributed by atoms with van der Waals surface area (Å²) in [5, 5.41) is 19.4. The number of nitrogen functional groups attached to an aromatic ring is 2. The Balaban J connectivity index is 0.000000192. The van der Waals surface area contributed by atoms with Gasteiger partial charge in [0.05, 0.1) is 27.1 Å².